The van der Waals surface area contributed by atoms with Gasteiger partial charge in [-0.25, -0.2) is 0 Å². The fourth-order valence-electron chi connectivity index (χ4n) is 2.29. The van der Waals surface area contributed by atoms with Crippen LogP contribution in [0.5, 0.6) is 0 Å². The first kappa shape index (κ1) is 13.8. The molecule has 4 heteroatoms. The minimum Gasteiger partial charge on any atom is -0.411 e. The number of oxime groups is 1. The van der Waals surface area contributed by atoms with Crippen LogP contribution in [-0.2, 0) is 11.4 Å². The minimum absolute atomic E-state index is 0.104. The fourth-order valence-corrected chi connectivity index (χ4v) is 2.29. The zero-order valence-electron chi connectivity index (χ0n) is 11.7. The van der Waals surface area contributed by atoms with Gasteiger partial charge in [-0.1, -0.05) is 29.4 Å². The van der Waals surface area contributed by atoms with E-state index in [4.69, 9.17) is 10.0 Å². The van der Waals surface area contributed by atoms with Gasteiger partial charge in [0.25, 0.3) is 0 Å². The number of quaternary nitrogens is 1. The number of hydroxylamine groups is 3. The molecule has 0 bridgehead atoms. The Labute approximate surface area is 114 Å². The van der Waals surface area contributed by atoms with E-state index in [1.54, 1.807) is 0 Å². The Bertz CT molecular complexity index is 503. The molecule has 0 fully saturated rings. The molecule has 1 N–H and O–H groups in total. The Hall–Kier alpha value is -1.65. The monoisotopic (exact) mass is 261 g/mol. The highest BCUT2D eigenvalue weighted by Gasteiger charge is 2.43. The van der Waals surface area contributed by atoms with Gasteiger partial charge in [0.05, 0.1) is 6.21 Å². The Morgan fingerprint density at radius 1 is 1.37 bits per heavy atom. The molecule has 0 aliphatic carbocycles. The van der Waals surface area contributed by atoms with E-state index in [1.807, 2.05) is 12.1 Å². The predicted octanol–water partition coefficient (Wildman–Crippen LogP) is 3.18. The number of rotatable bonds is 3. The number of fused-ring (bicyclic) bond motifs is 1. The summed E-state index contributed by atoms with van der Waals surface area (Å²) in [5.74, 6) is 0. The van der Waals surface area contributed by atoms with Crippen molar-refractivity contribution in [2.24, 2.45) is 5.16 Å². The lowest BCUT2D eigenvalue weighted by atomic mass is 9.98. The van der Waals surface area contributed by atoms with Crippen molar-refractivity contribution in [2.45, 2.75) is 32.9 Å². The van der Waals surface area contributed by atoms with Crippen molar-refractivity contribution in [3.8, 4) is 0 Å². The Morgan fingerprint density at radius 2 is 2.11 bits per heavy atom. The summed E-state index contributed by atoms with van der Waals surface area (Å²) in [5, 5.41) is 11.5. The third-order valence-electron chi connectivity index (χ3n) is 3.55. The maximum atomic E-state index is 8.50. The van der Waals surface area contributed by atoms with Crippen LogP contribution in [-0.4, -0.2) is 28.2 Å². The van der Waals surface area contributed by atoms with E-state index in [0.29, 0.717) is 4.65 Å². The average Bonchev–Trinajstić information content (AvgIpc) is 2.37. The van der Waals surface area contributed by atoms with Gasteiger partial charge in [-0.05, 0) is 26.3 Å². The molecule has 19 heavy (non-hydrogen) atoms. The molecule has 1 aromatic rings. The lowest BCUT2D eigenvalue weighted by Gasteiger charge is -2.43. The van der Waals surface area contributed by atoms with E-state index in [2.05, 4.69) is 50.3 Å². The Morgan fingerprint density at radius 3 is 2.79 bits per heavy atom. The number of benzene rings is 1. The molecule has 1 atom stereocenters. The van der Waals surface area contributed by atoms with Crippen LogP contribution in [0, 0.1) is 0 Å². The van der Waals surface area contributed by atoms with Gasteiger partial charge in [-0.3, -0.25) is 0 Å². The number of hydrogen-bond acceptors (Lipinski definition) is 3. The fraction of sp³-hybridized carbons (Fsp3) is 0.400. The molecule has 102 valence electrons. The summed E-state index contributed by atoms with van der Waals surface area (Å²) in [6.45, 7) is 7.47. The molecule has 0 saturated heterocycles. The summed E-state index contributed by atoms with van der Waals surface area (Å²) in [7, 11) is 0. The van der Waals surface area contributed by atoms with Gasteiger partial charge in [0.15, 0.2) is 0 Å². The molecule has 0 radical (unpaired) electrons. The first-order valence-electron chi connectivity index (χ1n) is 6.44. The lowest BCUT2D eigenvalue weighted by molar-refractivity contribution is -1.11. The number of hydrogen-bond donors (Lipinski definition) is 1. The zero-order valence-corrected chi connectivity index (χ0v) is 11.7. The molecule has 0 saturated carbocycles. The van der Waals surface area contributed by atoms with Crippen molar-refractivity contribution in [1.82, 2.24) is 0 Å². The van der Waals surface area contributed by atoms with Crippen LogP contribution < -0.4 is 0 Å². The second-order valence-electron chi connectivity index (χ2n) is 5.73. The topological polar surface area (TPSA) is 41.8 Å². The molecular formula is C15H21N2O2+. The van der Waals surface area contributed by atoms with Gasteiger partial charge in [0.2, 0.25) is 0 Å². The van der Waals surface area contributed by atoms with Crippen LogP contribution in [0.4, 0.5) is 0 Å². The Balaban J connectivity index is 2.32. The zero-order chi connectivity index (χ0) is 13.9. The highest BCUT2D eigenvalue weighted by molar-refractivity contribution is 5.57. The Kier molecular flexibility index (Phi) is 3.73. The molecule has 1 aliphatic heterocycles. The first-order valence-corrected chi connectivity index (χ1v) is 6.44. The average molecular weight is 261 g/mol. The standard InChI is InChI=1S/C15H20N2O2/c1-15(2,3)17(19-11-9-16-18)10-8-13-6-4-5-7-14(13)12-17/h4-10H,11-12H2,1-3H3/p+1. The van der Waals surface area contributed by atoms with Gasteiger partial charge < -0.3 is 5.21 Å². The summed E-state index contributed by atoms with van der Waals surface area (Å²) in [4.78, 5) is 5.97. The summed E-state index contributed by atoms with van der Waals surface area (Å²) in [5.41, 5.74) is 2.40. The van der Waals surface area contributed by atoms with E-state index >= 15 is 0 Å². The molecular weight excluding hydrogens is 240 g/mol. The third-order valence-corrected chi connectivity index (χ3v) is 3.55. The van der Waals surface area contributed by atoms with Crippen LogP contribution in [0.2, 0.25) is 0 Å². The van der Waals surface area contributed by atoms with Crippen molar-refractivity contribution in [3.05, 3.63) is 41.6 Å². The maximum absolute atomic E-state index is 8.50. The van der Waals surface area contributed by atoms with E-state index in [-0.39, 0.29) is 12.1 Å². The lowest BCUT2D eigenvalue weighted by Crippen LogP contribution is -2.56. The van der Waals surface area contributed by atoms with Crippen molar-refractivity contribution in [3.63, 3.8) is 0 Å². The van der Waals surface area contributed by atoms with Crippen molar-refractivity contribution in [1.29, 1.82) is 0 Å². The summed E-state index contributed by atoms with van der Waals surface area (Å²) in [6, 6.07) is 8.32. The van der Waals surface area contributed by atoms with Crippen LogP contribution >= 0.6 is 0 Å². The van der Waals surface area contributed by atoms with Gasteiger partial charge in [0.1, 0.15) is 24.9 Å². The number of nitrogens with zero attached hydrogens (tertiary/aromatic N) is 2. The van der Waals surface area contributed by atoms with Crippen molar-refractivity contribution in [2.75, 3.05) is 6.61 Å². The quantitative estimate of drug-likeness (QED) is 0.393. The largest absolute Gasteiger partial charge is 0.411 e. The SMILES string of the molecule is CC(C)(C)[N+]1(OCC=NO)C=Cc2ccccc2C1. The molecule has 2 rings (SSSR count). The summed E-state index contributed by atoms with van der Waals surface area (Å²) >= 11 is 0. The van der Waals surface area contributed by atoms with E-state index in [1.165, 1.54) is 17.3 Å². The van der Waals surface area contributed by atoms with Gasteiger partial charge in [-0.15, -0.1) is 4.65 Å². The molecule has 1 aliphatic rings. The van der Waals surface area contributed by atoms with Crippen molar-refractivity contribution >= 4 is 12.3 Å². The predicted molar refractivity (Wildman–Crippen MR) is 75.4 cm³/mol. The summed E-state index contributed by atoms with van der Waals surface area (Å²) in [6.07, 6.45) is 5.54. The summed E-state index contributed by atoms with van der Waals surface area (Å²) < 4.78 is 0.385. The first-order chi connectivity index (χ1) is 8.98. The van der Waals surface area contributed by atoms with Crippen LogP contribution in [0.25, 0.3) is 6.08 Å². The maximum Gasteiger partial charge on any atom is 0.145 e. The molecule has 0 aromatic heterocycles. The highest BCUT2D eigenvalue weighted by Crippen LogP contribution is 2.34. The normalized spacial score (nSPS) is 22.7. The molecule has 0 spiro atoms. The minimum atomic E-state index is -0.104. The van der Waals surface area contributed by atoms with Crippen LogP contribution in [0.3, 0.4) is 0 Å². The molecule has 4 nitrogen and oxygen atoms in total. The molecule has 0 amide bonds. The molecule has 1 aromatic carbocycles. The van der Waals surface area contributed by atoms with Crippen LogP contribution in [0.15, 0.2) is 35.6 Å². The second kappa shape index (κ2) is 5.15. The molecule has 1 heterocycles. The van der Waals surface area contributed by atoms with E-state index in [9.17, 15) is 0 Å². The third kappa shape index (κ3) is 2.69. The van der Waals surface area contributed by atoms with E-state index in [0.717, 1.165) is 6.54 Å². The van der Waals surface area contributed by atoms with Gasteiger partial charge in [-0.2, -0.15) is 4.84 Å². The van der Waals surface area contributed by atoms with Crippen molar-refractivity contribution < 1.29 is 14.7 Å². The van der Waals surface area contributed by atoms with Gasteiger partial charge in [0, 0.05) is 11.6 Å². The van der Waals surface area contributed by atoms with Gasteiger partial charge >= 0.3 is 0 Å². The highest BCUT2D eigenvalue weighted by atomic mass is 16.7. The smallest absolute Gasteiger partial charge is 0.145 e. The second-order valence-corrected chi connectivity index (χ2v) is 5.73. The molecule has 1 unspecified atom stereocenters. The van der Waals surface area contributed by atoms with E-state index < -0.39 is 0 Å². The van der Waals surface area contributed by atoms with Crippen LogP contribution in [0.1, 0.15) is 31.9 Å².